The standard InChI is InChI=1S/C9H15NO/c11-9-2-1-7-3-4-10-6-8(7)5-9/h7-8,10H,1-6H2/t7-,8+/m0/s1. The van der Waals surface area contributed by atoms with Gasteiger partial charge in [-0.1, -0.05) is 0 Å². The van der Waals surface area contributed by atoms with Crippen molar-refractivity contribution in [1.29, 1.82) is 0 Å². The number of piperidine rings is 1. The zero-order valence-electron chi connectivity index (χ0n) is 6.81. The third-order valence-electron chi connectivity index (χ3n) is 3.05. The fourth-order valence-corrected chi connectivity index (χ4v) is 2.34. The molecule has 2 atom stereocenters. The monoisotopic (exact) mass is 153 g/mol. The van der Waals surface area contributed by atoms with E-state index < -0.39 is 0 Å². The van der Waals surface area contributed by atoms with Crippen LogP contribution in [0, 0.1) is 11.8 Å². The molecule has 1 saturated heterocycles. The highest BCUT2D eigenvalue weighted by molar-refractivity contribution is 5.79. The first-order valence-corrected chi connectivity index (χ1v) is 4.58. The van der Waals surface area contributed by atoms with E-state index in [4.69, 9.17) is 0 Å². The summed E-state index contributed by atoms with van der Waals surface area (Å²) in [5, 5.41) is 3.35. The first-order chi connectivity index (χ1) is 5.36. The number of nitrogens with one attached hydrogen (secondary N) is 1. The second-order valence-electron chi connectivity index (χ2n) is 3.79. The van der Waals surface area contributed by atoms with Gasteiger partial charge in [-0.3, -0.25) is 4.79 Å². The van der Waals surface area contributed by atoms with E-state index in [1.54, 1.807) is 0 Å². The summed E-state index contributed by atoms with van der Waals surface area (Å²) in [6.45, 7) is 2.24. The molecule has 1 N–H and O–H groups in total. The van der Waals surface area contributed by atoms with Crippen molar-refractivity contribution >= 4 is 5.78 Å². The van der Waals surface area contributed by atoms with Gasteiger partial charge >= 0.3 is 0 Å². The van der Waals surface area contributed by atoms with Crippen molar-refractivity contribution in [3.05, 3.63) is 0 Å². The van der Waals surface area contributed by atoms with Crippen molar-refractivity contribution in [2.24, 2.45) is 11.8 Å². The van der Waals surface area contributed by atoms with E-state index >= 15 is 0 Å². The Bertz CT molecular complexity index is 167. The predicted octanol–water partition coefficient (Wildman–Crippen LogP) is 0.965. The molecule has 0 spiro atoms. The summed E-state index contributed by atoms with van der Waals surface area (Å²) in [4.78, 5) is 11.1. The minimum Gasteiger partial charge on any atom is -0.316 e. The van der Waals surface area contributed by atoms with Crippen molar-refractivity contribution < 1.29 is 4.79 Å². The van der Waals surface area contributed by atoms with E-state index in [0.29, 0.717) is 11.7 Å². The Morgan fingerprint density at radius 2 is 2.18 bits per heavy atom. The first kappa shape index (κ1) is 7.29. The van der Waals surface area contributed by atoms with Crippen molar-refractivity contribution in [2.45, 2.75) is 25.7 Å². The highest BCUT2D eigenvalue weighted by Crippen LogP contribution is 2.31. The lowest BCUT2D eigenvalue weighted by Gasteiger charge is -2.35. The number of carbonyl (C=O) groups excluding carboxylic acids is 1. The molecule has 62 valence electrons. The molecule has 11 heavy (non-hydrogen) atoms. The molecular weight excluding hydrogens is 138 g/mol. The molecule has 0 amide bonds. The third-order valence-corrected chi connectivity index (χ3v) is 3.05. The SMILES string of the molecule is O=C1CC[C@H]2CCNC[C@H]2C1. The number of Topliss-reactive ketones (excluding diaryl/α,β-unsaturated/α-hetero) is 1. The van der Waals surface area contributed by atoms with Crippen molar-refractivity contribution in [1.82, 2.24) is 5.32 Å². The van der Waals surface area contributed by atoms with Crippen LogP contribution in [0.3, 0.4) is 0 Å². The molecule has 2 heteroatoms. The van der Waals surface area contributed by atoms with Crippen LogP contribution in [0.2, 0.25) is 0 Å². The molecule has 2 rings (SSSR count). The van der Waals surface area contributed by atoms with Gasteiger partial charge in [-0.15, -0.1) is 0 Å². The van der Waals surface area contributed by atoms with Gasteiger partial charge in [0, 0.05) is 12.8 Å². The average Bonchev–Trinajstić information content (AvgIpc) is 2.04. The number of hydrogen-bond donors (Lipinski definition) is 1. The van der Waals surface area contributed by atoms with Gasteiger partial charge in [-0.2, -0.15) is 0 Å². The Labute approximate surface area is 67.4 Å². The van der Waals surface area contributed by atoms with Gasteiger partial charge in [-0.05, 0) is 37.8 Å². The summed E-state index contributed by atoms with van der Waals surface area (Å²) in [5.74, 6) is 2.01. The Kier molecular flexibility index (Phi) is 1.95. The molecule has 0 aromatic heterocycles. The molecule has 1 heterocycles. The smallest absolute Gasteiger partial charge is 0.133 e. The lowest BCUT2D eigenvalue weighted by atomic mass is 9.75. The molecule has 1 aliphatic carbocycles. The third kappa shape index (κ3) is 1.45. The summed E-state index contributed by atoms with van der Waals surface area (Å²) in [5.41, 5.74) is 0. The van der Waals surface area contributed by atoms with Crippen molar-refractivity contribution in [3.8, 4) is 0 Å². The van der Waals surface area contributed by atoms with Crippen LogP contribution >= 0.6 is 0 Å². The number of carbonyl (C=O) groups is 1. The zero-order valence-corrected chi connectivity index (χ0v) is 6.81. The maximum Gasteiger partial charge on any atom is 0.133 e. The van der Waals surface area contributed by atoms with E-state index in [1.165, 1.54) is 6.42 Å². The van der Waals surface area contributed by atoms with Gasteiger partial charge in [0.25, 0.3) is 0 Å². The summed E-state index contributed by atoms with van der Waals surface area (Å²) in [6, 6.07) is 0. The maximum atomic E-state index is 11.1. The molecule has 1 aliphatic heterocycles. The van der Waals surface area contributed by atoms with Crippen molar-refractivity contribution in [2.75, 3.05) is 13.1 Å². The molecule has 0 aromatic carbocycles. The minimum absolute atomic E-state index is 0.481. The van der Waals surface area contributed by atoms with Crippen LogP contribution in [0.15, 0.2) is 0 Å². The van der Waals surface area contributed by atoms with Gasteiger partial charge in [-0.25, -0.2) is 0 Å². The van der Waals surface area contributed by atoms with Gasteiger partial charge < -0.3 is 5.32 Å². The van der Waals surface area contributed by atoms with Crippen LogP contribution < -0.4 is 5.32 Å². The van der Waals surface area contributed by atoms with Gasteiger partial charge in [0.2, 0.25) is 0 Å². The van der Waals surface area contributed by atoms with Gasteiger partial charge in [0.05, 0.1) is 0 Å². The highest BCUT2D eigenvalue weighted by atomic mass is 16.1. The first-order valence-electron chi connectivity index (χ1n) is 4.58. The van der Waals surface area contributed by atoms with E-state index in [9.17, 15) is 4.79 Å². The van der Waals surface area contributed by atoms with Gasteiger partial charge in [0.1, 0.15) is 5.78 Å². The van der Waals surface area contributed by atoms with E-state index in [0.717, 1.165) is 38.3 Å². The lowest BCUT2D eigenvalue weighted by molar-refractivity contribution is -0.123. The summed E-state index contributed by atoms with van der Waals surface area (Å²) < 4.78 is 0. The summed E-state index contributed by atoms with van der Waals surface area (Å²) in [7, 11) is 0. The van der Waals surface area contributed by atoms with E-state index in [1.807, 2.05) is 0 Å². The van der Waals surface area contributed by atoms with Gasteiger partial charge in [0.15, 0.2) is 0 Å². The highest BCUT2D eigenvalue weighted by Gasteiger charge is 2.30. The Hall–Kier alpha value is -0.370. The van der Waals surface area contributed by atoms with E-state index in [-0.39, 0.29) is 0 Å². The topological polar surface area (TPSA) is 29.1 Å². The Morgan fingerprint density at radius 1 is 1.27 bits per heavy atom. The molecule has 0 radical (unpaired) electrons. The largest absolute Gasteiger partial charge is 0.316 e. The Morgan fingerprint density at radius 3 is 3.09 bits per heavy atom. The second-order valence-corrected chi connectivity index (χ2v) is 3.79. The average molecular weight is 153 g/mol. The summed E-state index contributed by atoms with van der Waals surface area (Å²) in [6.07, 6.45) is 4.14. The normalized spacial score (nSPS) is 38.4. The van der Waals surface area contributed by atoms with Crippen LogP contribution in [0.4, 0.5) is 0 Å². The number of rotatable bonds is 0. The Balaban J connectivity index is 1.98. The number of ketones is 1. The lowest BCUT2D eigenvalue weighted by Crippen LogP contribution is -2.40. The molecule has 0 aromatic rings. The fourth-order valence-electron chi connectivity index (χ4n) is 2.34. The van der Waals surface area contributed by atoms with Crippen LogP contribution in [0.1, 0.15) is 25.7 Å². The molecule has 2 nitrogen and oxygen atoms in total. The molecular formula is C9H15NO. The summed E-state index contributed by atoms with van der Waals surface area (Å²) >= 11 is 0. The van der Waals surface area contributed by atoms with Crippen LogP contribution in [0.5, 0.6) is 0 Å². The van der Waals surface area contributed by atoms with Crippen LogP contribution in [0.25, 0.3) is 0 Å². The van der Waals surface area contributed by atoms with Crippen LogP contribution in [-0.4, -0.2) is 18.9 Å². The van der Waals surface area contributed by atoms with Crippen molar-refractivity contribution in [3.63, 3.8) is 0 Å². The molecule has 2 aliphatic rings. The maximum absolute atomic E-state index is 11.1. The number of hydrogen-bond acceptors (Lipinski definition) is 2. The van der Waals surface area contributed by atoms with E-state index in [2.05, 4.69) is 5.32 Å². The quantitative estimate of drug-likeness (QED) is 0.561. The second kappa shape index (κ2) is 2.94. The fraction of sp³-hybridized carbons (Fsp3) is 0.889. The predicted molar refractivity (Wildman–Crippen MR) is 43.3 cm³/mol. The molecule has 1 saturated carbocycles. The molecule has 0 unspecified atom stereocenters. The van der Waals surface area contributed by atoms with Crippen LogP contribution in [-0.2, 0) is 4.79 Å². The number of fused-ring (bicyclic) bond motifs is 1. The molecule has 0 bridgehead atoms. The zero-order chi connectivity index (χ0) is 7.68. The minimum atomic E-state index is 0.481. The molecule has 2 fully saturated rings.